The highest BCUT2D eigenvalue weighted by molar-refractivity contribution is 6.03. The molecule has 0 saturated carbocycles. The number of fused-ring (bicyclic) bond motifs is 1. The summed E-state index contributed by atoms with van der Waals surface area (Å²) < 4.78 is 11.7. The summed E-state index contributed by atoms with van der Waals surface area (Å²) in [6.45, 7) is 5.51. The molecule has 3 heterocycles. The maximum Gasteiger partial charge on any atom is 0.250 e. The van der Waals surface area contributed by atoms with Gasteiger partial charge in [-0.1, -0.05) is 20.3 Å². The quantitative estimate of drug-likeness (QED) is 0.528. The van der Waals surface area contributed by atoms with Crippen LogP contribution in [0.15, 0.2) is 24.3 Å². The van der Waals surface area contributed by atoms with Crippen LogP contribution < -0.4 is 15.4 Å². The predicted octanol–water partition coefficient (Wildman–Crippen LogP) is 1.55. The lowest BCUT2D eigenvalue weighted by Crippen LogP contribution is -2.57. The van der Waals surface area contributed by atoms with Crippen LogP contribution in [0.4, 0.5) is 5.69 Å². The van der Waals surface area contributed by atoms with Crippen LogP contribution in [0.3, 0.4) is 0 Å². The zero-order chi connectivity index (χ0) is 24.8. The van der Waals surface area contributed by atoms with Gasteiger partial charge >= 0.3 is 0 Å². The Hall–Kier alpha value is -2.65. The van der Waals surface area contributed by atoms with Crippen molar-refractivity contribution in [1.82, 2.24) is 10.2 Å². The zero-order valence-corrected chi connectivity index (χ0v) is 20.5. The fourth-order valence-corrected chi connectivity index (χ4v) is 6.28. The Morgan fingerprint density at radius 3 is 2.50 bits per heavy atom. The van der Waals surface area contributed by atoms with Gasteiger partial charge in [0.05, 0.1) is 37.2 Å². The van der Waals surface area contributed by atoms with Crippen LogP contribution >= 0.6 is 0 Å². The number of benzene rings is 1. The number of hydrogen-bond donors (Lipinski definition) is 3. The molecule has 3 fully saturated rings. The summed E-state index contributed by atoms with van der Waals surface area (Å²) in [5.74, 6) is -1.82. The second-order valence-electron chi connectivity index (χ2n) is 9.94. The fraction of sp³-hybridized carbons (Fsp3) is 0.640. The molecule has 3 saturated heterocycles. The van der Waals surface area contributed by atoms with Crippen LogP contribution in [-0.2, 0) is 19.1 Å². The summed E-state index contributed by atoms with van der Waals surface area (Å²) in [4.78, 5) is 42.3. The van der Waals surface area contributed by atoms with E-state index in [9.17, 15) is 19.5 Å². The molecule has 2 bridgehead atoms. The molecule has 1 spiro atoms. The summed E-state index contributed by atoms with van der Waals surface area (Å²) in [5, 5.41) is 15.9. The van der Waals surface area contributed by atoms with Gasteiger partial charge in [0, 0.05) is 12.7 Å². The topological polar surface area (TPSA) is 117 Å². The number of hydrogen-bond acceptors (Lipinski definition) is 6. The molecule has 3 aliphatic heterocycles. The van der Waals surface area contributed by atoms with Gasteiger partial charge in [-0.25, -0.2) is 0 Å². The molecular formula is C25H35N3O6. The third kappa shape index (κ3) is 3.48. The van der Waals surface area contributed by atoms with E-state index in [0.29, 0.717) is 24.3 Å². The summed E-state index contributed by atoms with van der Waals surface area (Å²) in [5.41, 5.74) is -1.39. The smallest absolute Gasteiger partial charge is 0.250 e. The molecule has 0 aliphatic carbocycles. The minimum absolute atomic E-state index is 0.0494. The number of nitrogens with one attached hydrogen (secondary N) is 2. The number of ether oxygens (including phenoxy) is 2. The van der Waals surface area contributed by atoms with E-state index in [2.05, 4.69) is 10.6 Å². The van der Waals surface area contributed by atoms with Crippen LogP contribution in [0.5, 0.6) is 5.75 Å². The molecule has 1 aromatic carbocycles. The van der Waals surface area contributed by atoms with Gasteiger partial charge in [-0.15, -0.1) is 0 Å². The Bertz CT molecular complexity index is 968. The normalized spacial score (nSPS) is 33.4. The first-order chi connectivity index (χ1) is 16.2. The molecule has 3 amide bonds. The molecule has 1 aromatic rings. The van der Waals surface area contributed by atoms with Crippen molar-refractivity contribution in [2.24, 2.45) is 17.8 Å². The highest BCUT2D eigenvalue weighted by Crippen LogP contribution is 2.63. The number of amides is 3. The van der Waals surface area contributed by atoms with Crippen molar-refractivity contribution in [2.45, 2.75) is 63.3 Å². The molecule has 0 aromatic heterocycles. The van der Waals surface area contributed by atoms with E-state index in [1.54, 1.807) is 38.4 Å². The Kier molecular flexibility index (Phi) is 6.37. The van der Waals surface area contributed by atoms with E-state index in [0.717, 1.165) is 6.42 Å². The Morgan fingerprint density at radius 2 is 1.94 bits per heavy atom. The molecule has 0 radical (unpaired) electrons. The first-order valence-electron chi connectivity index (χ1n) is 12.0. The maximum atomic E-state index is 14.0. The maximum absolute atomic E-state index is 14.0. The average molecular weight is 474 g/mol. The van der Waals surface area contributed by atoms with E-state index >= 15 is 0 Å². The number of aliphatic hydroxyl groups is 1. The molecule has 4 rings (SSSR count). The van der Waals surface area contributed by atoms with Crippen molar-refractivity contribution in [3.05, 3.63) is 24.3 Å². The number of carbonyl (C=O) groups is 3. The molecular weight excluding hydrogens is 438 g/mol. The van der Waals surface area contributed by atoms with Crippen LogP contribution in [0.25, 0.3) is 0 Å². The highest BCUT2D eigenvalue weighted by Gasteiger charge is 2.78. The molecule has 2 unspecified atom stereocenters. The van der Waals surface area contributed by atoms with Gasteiger partial charge in [0.1, 0.15) is 17.4 Å². The number of likely N-dealkylation sites (tertiary alicyclic amines) is 1. The van der Waals surface area contributed by atoms with Crippen LogP contribution in [0.1, 0.15) is 40.0 Å². The lowest BCUT2D eigenvalue weighted by Gasteiger charge is -2.39. The zero-order valence-electron chi connectivity index (χ0n) is 20.5. The number of methoxy groups -OCH3 is 1. The molecule has 9 heteroatoms. The third-order valence-corrected chi connectivity index (χ3v) is 8.19. The predicted molar refractivity (Wildman–Crippen MR) is 125 cm³/mol. The lowest BCUT2D eigenvalue weighted by molar-refractivity contribution is -0.149. The Morgan fingerprint density at radius 1 is 1.26 bits per heavy atom. The summed E-state index contributed by atoms with van der Waals surface area (Å²) in [6.07, 6.45) is 1.78. The van der Waals surface area contributed by atoms with E-state index in [1.807, 2.05) is 20.8 Å². The monoisotopic (exact) mass is 473 g/mol. The van der Waals surface area contributed by atoms with Crippen molar-refractivity contribution >= 4 is 23.4 Å². The second kappa shape index (κ2) is 8.85. The van der Waals surface area contributed by atoms with Gasteiger partial charge in [0.25, 0.3) is 0 Å². The van der Waals surface area contributed by atoms with E-state index in [-0.39, 0.29) is 30.2 Å². The van der Waals surface area contributed by atoms with Crippen molar-refractivity contribution in [3.63, 3.8) is 0 Å². The third-order valence-electron chi connectivity index (χ3n) is 8.19. The Labute approximate surface area is 200 Å². The van der Waals surface area contributed by atoms with Gasteiger partial charge in [0.2, 0.25) is 17.7 Å². The first-order valence-corrected chi connectivity index (χ1v) is 12.0. The molecule has 3 N–H and O–H groups in total. The molecule has 7 atom stereocenters. The molecule has 186 valence electrons. The van der Waals surface area contributed by atoms with Gasteiger partial charge in [-0.2, -0.15) is 0 Å². The van der Waals surface area contributed by atoms with E-state index in [1.165, 1.54) is 4.90 Å². The molecule has 3 aliphatic rings. The summed E-state index contributed by atoms with van der Waals surface area (Å²) in [6, 6.07) is 5.41. The van der Waals surface area contributed by atoms with Crippen molar-refractivity contribution in [3.8, 4) is 5.75 Å². The summed E-state index contributed by atoms with van der Waals surface area (Å²) >= 11 is 0. The Balaban J connectivity index is 1.77. The number of rotatable bonds is 8. The largest absolute Gasteiger partial charge is 0.497 e. The lowest BCUT2D eigenvalue weighted by atomic mass is 9.66. The van der Waals surface area contributed by atoms with Crippen LogP contribution in [-0.4, -0.2) is 71.8 Å². The average Bonchev–Trinajstić information content (AvgIpc) is 3.40. The number of aliphatic hydroxyl groups excluding tert-OH is 1. The SMILES string of the molecule is CC[C@H](C)[C@H](CO)N1C(=O)[C@@H]2[C@@H](C(=O)NC)[C@@]3(C)CCC2(O3)C1C(=O)Nc1ccc(OC)cc1. The highest BCUT2D eigenvalue weighted by atomic mass is 16.5. The van der Waals surface area contributed by atoms with Crippen LogP contribution in [0.2, 0.25) is 0 Å². The van der Waals surface area contributed by atoms with Crippen molar-refractivity contribution in [1.29, 1.82) is 0 Å². The fourth-order valence-electron chi connectivity index (χ4n) is 6.28. The van der Waals surface area contributed by atoms with Gasteiger partial charge in [-0.3, -0.25) is 14.4 Å². The van der Waals surface area contributed by atoms with Crippen molar-refractivity contribution < 1.29 is 29.0 Å². The van der Waals surface area contributed by atoms with Crippen molar-refractivity contribution in [2.75, 3.05) is 26.1 Å². The minimum atomic E-state index is -1.12. The van der Waals surface area contributed by atoms with Gasteiger partial charge in [-0.05, 0) is 49.9 Å². The van der Waals surface area contributed by atoms with Gasteiger partial charge in [0.15, 0.2) is 0 Å². The molecule has 34 heavy (non-hydrogen) atoms. The minimum Gasteiger partial charge on any atom is -0.497 e. The molecule has 9 nitrogen and oxygen atoms in total. The van der Waals surface area contributed by atoms with Crippen LogP contribution in [0, 0.1) is 17.8 Å². The van der Waals surface area contributed by atoms with E-state index < -0.39 is 35.1 Å². The first kappa shape index (κ1) is 24.5. The number of anilines is 1. The number of carbonyl (C=O) groups excluding carboxylic acids is 3. The summed E-state index contributed by atoms with van der Waals surface area (Å²) in [7, 11) is 3.11. The number of nitrogens with zero attached hydrogens (tertiary/aromatic N) is 1. The van der Waals surface area contributed by atoms with Gasteiger partial charge < -0.3 is 30.1 Å². The standard InChI is InChI=1S/C25H35N3O6/c1-6-14(2)17(13-29)28-20(22(31)27-15-7-9-16(33-5)10-8-15)25-12-11-24(3,34-25)18(21(30)26-4)19(25)23(28)32/h7-10,14,17-20,29H,6,11-13H2,1-5H3,(H,26,30)(H,27,31)/t14-,17-,18-,19-,20?,24+,25?/m0/s1. The second-order valence-corrected chi connectivity index (χ2v) is 9.94. The van der Waals surface area contributed by atoms with E-state index in [4.69, 9.17) is 9.47 Å².